The van der Waals surface area contributed by atoms with Crippen LogP contribution in [0.3, 0.4) is 0 Å². The second-order valence-electron chi connectivity index (χ2n) is 5.94. The molecule has 0 saturated heterocycles. The van der Waals surface area contributed by atoms with Crippen molar-refractivity contribution in [2.24, 2.45) is 10.3 Å². The first-order chi connectivity index (χ1) is 16.7. The molecule has 12 heteroatoms. The van der Waals surface area contributed by atoms with Crippen LogP contribution in [-0.4, -0.2) is 15.8 Å². The van der Waals surface area contributed by atoms with Crippen molar-refractivity contribution in [3.63, 3.8) is 0 Å². The maximum absolute atomic E-state index is 11.8. The molecule has 0 aliphatic heterocycles. The van der Waals surface area contributed by atoms with Gasteiger partial charge in [-0.2, -0.15) is 9.47 Å². The summed E-state index contributed by atoms with van der Waals surface area (Å²) in [4.78, 5) is 8.26. The first kappa shape index (κ1) is 24.3. The van der Waals surface area contributed by atoms with Crippen LogP contribution in [0.25, 0.3) is 4.85 Å². The van der Waals surface area contributed by atoms with E-state index in [0.29, 0.717) is 34.9 Å². The van der Waals surface area contributed by atoms with Crippen molar-refractivity contribution in [1.29, 1.82) is 5.26 Å². The normalized spacial score (nSPS) is 12.1. The van der Waals surface area contributed by atoms with Crippen LogP contribution < -0.4 is 9.07 Å². The van der Waals surface area contributed by atoms with E-state index in [0.717, 1.165) is 0 Å². The Morgan fingerprint density at radius 2 is 1.53 bits per heavy atom. The van der Waals surface area contributed by atoms with Gasteiger partial charge in [0.1, 0.15) is 11.8 Å². The van der Waals surface area contributed by atoms with E-state index in [4.69, 9.17) is 28.5 Å². The van der Waals surface area contributed by atoms with Crippen molar-refractivity contribution in [3.8, 4) is 17.6 Å². The second kappa shape index (κ2) is 13.2. The van der Waals surface area contributed by atoms with E-state index in [-0.39, 0.29) is 11.5 Å². The Bertz CT molecular complexity index is 1240. The van der Waals surface area contributed by atoms with Crippen molar-refractivity contribution in [2.75, 3.05) is 0 Å². The lowest BCUT2D eigenvalue weighted by Gasteiger charge is -2.03. The van der Waals surface area contributed by atoms with Gasteiger partial charge in [-0.15, -0.1) is 0 Å². The molecule has 0 spiro atoms. The van der Waals surface area contributed by atoms with Crippen molar-refractivity contribution in [1.82, 2.24) is 0 Å². The molecular weight excluding hydrogens is 480 g/mol. The highest BCUT2D eigenvalue weighted by Crippen LogP contribution is 2.15. The maximum Gasteiger partial charge on any atom is 0.439 e. The zero-order valence-corrected chi connectivity index (χ0v) is 18.8. The summed E-state index contributed by atoms with van der Waals surface area (Å²) in [5, 5.41) is 16.6. The quantitative estimate of drug-likeness (QED) is 0.0713. The molecule has 1 atom stereocenters. The summed E-state index contributed by atoms with van der Waals surface area (Å²) in [5.41, 5.74) is 0.635. The van der Waals surface area contributed by atoms with Gasteiger partial charge in [0.2, 0.25) is 0 Å². The van der Waals surface area contributed by atoms with Crippen LogP contribution in [0.1, 0.15) is 11.1 Å². The largest absolute Gasteiger partial charge is 0.439 e. The summed E-state index contributed by atoms with van der Waals surface area (Å²) in [5.74, 6) is 0.728. The van der Waals surface area contributed by atoms with Gasteiger partial charge in [0.25, 0.3) is 0 Å². The fourth-order valence-corrected chi connectivity index (χ4v) is 2.95. The van der Waals surface area contributed by atoms with E-state index in [2.05, 4.69) is 15.2 Å². The average Bonchev–Trinajstić information content (AvgIpc) is 2.88. The lowest BCUT2D eigenvalue weighted by atomic mass is 10.1. The molecule has 0 saturated carbocycles. The number of nitrogens with zero attached hydrogens (tertiary/aromatic N) is 4. The third kappa shape index (κ3) is 7.65. The Morgan fingerprint density at radius 3 is 2.15 bits per heavy atom. The first-order valence-electron chi connectivity index (χ1n) is 9.28. The van der Waals surface area contributed by atoms with E-state index >= 15 is 0 Å². The predicted molar refractivity (Wildman–Crippen MR) is 125 cm³/mol. The Balaban J connectivity index is 1.55. The smallest absolute Gasteiger partial charge is 0.370 e. The summed E-state index contributed by atoms with van der Waals surface area (Å²) >= 11 is -1.80. The van der Waals surface area contributed by atoms with Crippen LogP contribution in [0.4, 0.5) is 0 Å². The maximum atomic E-state index is 11.8. The van der Waals surface area contributed by atoms with Gasteiger partial charge in [-0.1, -0.05) is 76.7 Å². The Morgan fingerprint density at radius 1 is 0.912 bits per heavy atom. The van der Waals surface area contributed by atoms with Gasteiger partial charge >= 0.3 is 29.5 Å². The Hall–Kier alpha value is -4.36. The number of rotatable bonds is 11. The predicted octanol–water partition coefficient (Wildman–Crippen LogP) is 4.76. The summed E-state index contributed by atoms with van der Waals surface area (Å²) in [6.45, 7) is 7.28. The number of para-hydroxylation sites is 2. The summed E-state index contributed by atoms with van der Waals surface area (Å²) < 4.78 is 31.3. The van der Waals surface area contributed by atoms with Gasteiger partial charge in [0.05, 0.1) is 5.16 Å². The van der Waals surface area contributed by atoms with E-state index in [1.165, 1.54) is 24.3 Å². The lowest BCUT2D eigenvalue weighted by molar-refractivity contribution is -0.0867. The number of benzene rings is 3. The van der Waals surface area contributed by atoms with Crippen LogP contribution in [-0.2, 0) is 24.3 Å². The molecule has 0 amide bonds. The van der Waals surface area contributed by atoms with E-state index in [1.807, 2.05) is 12.1 Å². The van der Waals surface area contributed by atoms with E-state index in [9.17, 15) is 9.47 Å². The van der Waals surface area contributed by atoms with Crippen LogP contribution >= 0.6 is 12.3 Å². The molecule has 0 bridgehead atoms. The molecule has 3 rings (SSSR count). The zero-order valence-electron chi connectivity index (χ0n) is 17.1. The molecule has 10 nitrogen and oxygen atoms in total. The molecule has 0 aliphatic rings. The van der Waals surface area contributed by atoms with Crippen molar-refractivity contribution < 1.29 is 26.2 Å². The topological polar surface area (TPSA) is 116 Å². The zero-order chi connectivity index (χ0) is 24.0. The number of hydrogen-bond acceptors (Lipinski definition) is 10. The molecule has 0 aliphatic carbocycles. The number of nitriles is 1. The highest BCUT2D eigenvalue weighted by Gasteiger charge is 2.11. The summed E-state index contributed by atoms with van der Waals surface area (Å²) in [7, 11) is 0. The van der Waals surface area contributed by atoms with Crippen molar-refractivity contribution >= 4 is 35.2 Å². The average molecular weight is 495 g/mol. The molecule has 3 aromatic carbocycles. The SMILES string of the molecule is [C-]#[N+]/C(=N\OSOOc1ccccc1)c1ccc(/C(C#N)=N/OS(=O)Oc2ccccc2)cc1. The fourth-order valence-electron chi connectivity index (χ4n) is 2.28. The first-order valence-corrected chi connectivity index (χ1v) is 11.0. The van der Waals surface area contributed by atoms with Crippen LogP contribution in [0, 0.1) is 17.9 Å². The molecule has 170 valence electrons. The monoisotopic (exact) mass is 494 g/mol. The Labute approximate surface area is 202 Å². The molecule has 0 N–H and O–H groups in total. The van der Waals surface area contributed by atoms with Gasteiger partial charge in [-0.05, 0) is 24.3 Å². The molecule has 0 heterocycles. The lowest BCUT2D eigenvalue weighted by Crippen LogP contribution is -2.05. The number of amidine groups is 1. The minimum Gasteiger partial charge on any atom is -0.370 e. The molecule has 0 fully saturated rings. The highest BCUT2D eigenvalue weighted by atomic mass is 32.2. The van der Waals surface area contributed by atoms with Crippen LogP contribution in [0.2, 0.25) is 0 Å². The number of hydrogen-bond donors (Lipinski definition) is 0. The minimum absolute atomic E-state index is 0.0635. The molecule has 0 radical (unpaired) electrons. The summed E-state index contributed by atoms with van der Waals surface area (Å²) in [6, 6.07) is 25.1. The number of oxime groups is 2. The molecule has 3 aromatic rings. The molecule has 1 unspecified atom stereocenters. The second-order valence-corrected chi connectivity index (χ2v) is 7.08. The molecular formula is C22H14N4O6S2. The van der Waals surface area contributed by atoms with Crippen LogP contribution in [0.15, 0.2) is 95.2 Å². The van der Waals surface area contributed by atoms with E-state index < -0.39 is 11.4 Å². The van der Waals surface area contributed by atoms with Gasteiger partial charge in [0.15, 0.2) is 11.5 Å². The fraction of sp³-hybridized carbons (Fsp3) is 0. The minimum atomic E-state index is -2.24. The van der Waals surface area contributed by atoms with Gasteiger partial charge in [0, 0.05) is 11.1 Å². The van der Waals surface area contributed by atoms with Crippen molar-refractivity contribution in [2.45, 2.75) is 0 Å². The molecule has 34 heavy (non-hydrogen) atoms. The van der Waals surface area contributed by atoms with Gasteiger partial charge in [-0.3, -0.25) is 4.28 Å². The Kier molecular flexibility index (Phi) is 9.46. The van der Waals surface area contributed by atoms with Crippen molar-refractivity contribution in [3.05, 3.63) is 107 Å². The highest BCUT2D eigenvalue weighted by molar-refractivity contribution is 7.89. The third-order valence-electron chi connectivity index (χ3n) is 3.78. The third-order valence-corrected chi connectivity index (χ3v) is 4.56. The summed E-state index contributed by atoms with van der Waals surface area (Å²) in [6.07, 6.45) is 0. The van der Waals surface area contributed by atoms with Gasteiger partial charge in [-0.25, -0.2) is 4.28 Å². The van der Waals surface area contributed by atoms with E-state index in [1.54, 1.807) is 54.6 Å². The van der Waals surface area contributed by atoms with Crippen LogP contribution in [0.5, 0.6) is 11.5 Å². The molecule has 0 aromatic heterocycles. The standard InChI is InChI=1S/C22H14N4O6S2/c1-24-22(26-30-33-32-28-19-8-4-2-5-9-19)18-14-12-17(13-15-18)21(16-23)25-31-34(27)29-20-10-6-3-7-11-20/h2-15H/b25-21+,26-22-. The van der Waals surface area contributed by atoms with Gasteiger partial charge < -0.3 is 13.9 Å².